The molecule has 2 rings (SSSR count). The van der Waals surface area contributed by atoms with Crippen molar-refractivity contribution in [3.8, 4) is 0 Å². The van der Waals surface area contributed by atoms with Gasteiger partial charge in [0.15, 0.2) is 0 Å². The second-order valence-corrected chi connectivity index (χ2v) is 4.70. The molecule has 17 heavy (non-hydrogen) atoms. The Hall–Kier alpha value is -1.07. The van der Waals surface area contributed by atoms with Gasteiger partial charge in [0.25, 0.3) is 0 Å². The summed E-state index contributed by atoms with van der Waals surface area (Å²) < 4.78 is 1.68. The fraction of sp³-hybridized carbons (Fsp3) is 0.636. The van der Waals surface area contributed by atoms with Crippen LogP contribution in [0.25, 0.3) is 0 Å². The number of hydrogen-bond donors (Lipinski definition) is 2. The molecule has 1 aromatic rings. The summed E-state index contributed by atoms with van der Waals surface area (Å²) in [5.74, 6) is 0.0766. The van der Waals surface area contributed by atoms with E-state index in [1.807, 2.05) is 14.0 Å². The molecule has 1 aliphatic rings. The molecule has 0 radical (unpaired) electrons. The molecule has 0 aliphatic carbocycles. The van der Waals surface area contributed by atoms with Gasteiger partial charge in [-0.1, -0.05) is 0 Å². The number of nitrogens with one attached hydrogen (secondary N) is 2. The van der Waals surface area contributed by atoms with Gasteiger partial charge in [-0.3, -0.25) is 9.48 Å². The zero-order chi connectivity index (χ0) is 11.6. The Labute approximate surface area is 107 Å². The molecule has 2 heterocycles. The Kier molecular flexibility index (Phi) is 4.54. The van der Waals surface area contributed by atoms with Gasteiger partial charge in [0.1, 0.15) is 0 Å². The fourth-order valence-electron chi connectivity index (χ4n) is 2.02. The first-order valence-electron chi connectivity index (χ1n) is 5.61. The highest BCUT2D eigenvalue weighted by Gasteiger charge is 2.34. The third-order valence-corrected chi connectivity index (χ3v) is 3.11. The van der Waals surface area contributed by atoms with Crippen LogP contribution in [0.15, 0.2) is 12.4 Å². The molecule has 1 aliphatic heterocycles. The maximum absolute atomic E-state index is 12.1. The average molecular weight is 259 g/mol. The van der Waals surface area contributed by atoms with Gasteiger partial charge in [0.05, 0.1) is 17.3 Å². The highest BCUT2D eigenvalue weighted by Crippen LogP contribution is 2.26. The standard InChI is InChI=1S/C11H18N4O.ClH/c1-11(4-3-5-12-8-11)10(16)14-9-6-13-15(2)7-9;/h6-7,12H,3-5,8H2,1-2H3,(H,14,16);1H. The summed E-state index contributed by atoms with van der Waals surface area (Å²) in [4.78, 5) is 12.1. The molecule has 1 unspecified atom stereocenters. The molecule has 2 N–H and O–H groups in total. The van der Waals surface area contributed by atoms with Crippen molar-refractivity contribution in [2.75, 3.05) is 18.4 Å². The van der Waals surface area contributed by atoms with E-state index in [2.05, 4.69) is 15.7 Å². The van der Waals surface area contributed by atoms with E-state index in [1.165, 1.54) is 0 Å². The molecule has 6 heteroatoms. The van der Waals surface area contributed by atoms with E-state index >= 15 is 0 Å². The third kappa shape index (κ3) is 3.20. The first-order chi connectivity index (χ1) is 7.60. The second kappa shape index (κ2) is 5.51. The van der Waals surface area contributed by atoms with Gasteiger partial charge in [-0.05, 0) is 26.3 Å². The van der Waals surface area contributed by atoms with Crippen molar-refractivity contribution in [2.24, 2.45) is 12.5 Å². The van der Waals surface area contributed by atoms with Crippen LogP contribution in [0.3, 0.4) is 0 Å². The van der Waals surface area contributed by atoms with Crippen molar-refractivity contribution >= 4 is 24.0 Å². The molecule has 0 saturated carbocycles. The Morgan fingerprint density at radius 3 is 2.94 bits per heavy atom. The lowest BCUT2D eigenvalue weighted by Gasteiger charge is -2.32. The van der Waals surface area contributed by atoms with E-state index in [-0.39, 0.29) is 23.7 Å². The summed E-state index contributed by atoms with van der Waals surface area (Å²) in [6.45, 7) is 3.76. The largest absolute Gasteiger partial charge is 0.323 e. The van der Waals surface area contributed by atoms with Gasteiger partial charge in [0, 0.05) is 19.8 Å². The molecule has 1 atom stereocenters. The van der Waals surface area contributed by atoms with Crippen LogP contribution in [-0.2, 0) is 11.8 Å². The van der Waals surface area contributed by atoms with Crippen LogP contribution in [0.4, 0.5) is 5.69 Å². The van der Waals surface area contributed by atoms with Crippen LogP contribution in [0, 0.1) is 5.41 Å². The van der Waals surface area contributed by atoms with Crippen molar-refractivity contribution in [3.63, 3.8) is 0 Å². The molecule has 1 amide bonds. The lowest BCUT2D eigenvalue weighted by Crippen LogP contribution is -2.45. The van der Waals surface area contributed by atoms with Gasteiger partial charge in [-0.25, -0.2) is 0 Å². The lowest BCUT2D eigenvalue weighted by atomic mass is 9.82. The summed E-state index contributed by atoms with van der Waals surface area (Å²) in [5, 5.41) is 10.2. The van der Waals surface area contributed by atoms with Crippen molar-refractivity contribution in [2.45, 2.75) is 19.8 Å². The van der Waals surface area contributed by atoms with Gasteiger partial charge >= 0.3 is 0 Å². The SMILES string of the molecule is Cl.Cn1cc(NC(=O)C2(C)CCCNC2)cn1. The van der Waals surface area contributed by atoms with Gasteiger partial charge in [-0.2, -0.15) is 5.10 Å². The average Bonchev–Trinajstić information content (AvgIpc) is 2.65. The number of nitrogens with zero attached hydrogens (tertiary/aromatic N) is 2. The lowest BCUT2D eigenvalue weighted by molar-refractivity contribution is -0.125. The highest BCUT2D eigenvalue weighted by molar-refractivity contribution is 5.95. The van der Waals surface area contributed by atoms with Crippen LogP contribution in [0.1, 0.15) is 19.8 Å². The fourth-order valence-corrected chi connectivity index (χ4v) is 2.02. The monoisotopic (exact) mass is 258 g/mol. The van der Waals surface area contributed by atoms with E-state index in [4.69, 9.17) is 0 Å². The summed E-state index contributed by atoms with van der Waals surface area (Å²) in [7, 11) is 1.83. The number of aryl methyl sites for hydroxylation is 1. The van der Waals surface area contributed by atoms with Crippen LogP contribution < -0.4 is 10.6 Å². The number of carbonyl (C=O) groups excluding carboxylic acids is 1. The zero-order valence-electron chi connectivity index (χ0n) is 10.2. The maximum atomic E-state index is 12.1. The van der Waals surface area contributed by atoms with Crippen LogP contribution in [-0.4, -0.2) is 28.8 Å². The summed E-state index contributed by atoms with van der Waals surface area (Å²) in [6.07, 6.45) is 5.46. The van der Waals surface area contributed by atoms with Gasteiger partial charge in [-0.15, -0.1) is 12.4 Å². The van der Waals surface area contributed by atoms with E-state index in [9.17, 15) is 4.79 Å². The molecule has 1 aromatic heterocycles. The van der Waals surface area contributed by atoms with Crippen molar-refractivity contribution < 1.29 is 4.79 Å². The minimum atomic E-state index is -0.298. The smallest absolute Gasteiger partial charge is 0.231 e. The third-order valence-electron chi connectivity index (χ3n) is 3.11. The van der Waals surface area contributed by atoms with Gasteiger partial charge < -0.3 is 10.6 Å². The summed E-state index contributed by atoms with van der Waals surface area (Å²) in [6, 6.07) is 0. The van der Waals surface area contributed by atoms with Crippen molar-refractivity contribution in [3.05, 3.63) is 12.4 Å². The molecule has 1 saturated heterocycles. The first-order valence-corrected chi connectivity index (χ1v) is 5.61. The van der Waals surface area contributed by atoms with E-state index < -0.39 is 0 Å². The topological polar surface area (TPSA) is 59.0 Å². The van der Waals surface area contributed by atoms with Gasteiger partial charge in [0.2, 0.25) is 5.91 Å². The number of hydrogen-bond acceptors (Lipinski definition) is 3. The molecule has 1 fully saturated rings. The minimum Gasteiger partial charge on any atom is -0.323 e. The molecule has 5 nitrogen and oxygen atoms in total. The molecule has 96 valence electrons. The second-order valence-electron chi connectivity index (χ2n) is 4.70. The van der Waals surface area contributed by atoms with Crippen molar-refractivity contribution in [1.82, 2.24) is 15.1 Å². The van der Waals surface area contributed by atoms with Crippen LogP contribution in [0.5, 0.6) is 0 Å². The molecular weight excluding hydrogens is 240 g/mol. The first kappa shape index (κ1) is 14.0. The van der Waals surface area contributed by atoms with Crippen LogP contribution in [0.2, 0.25) is 0 Å². The van der Waals surface area contributed by atoms with E-state index in [1.54, 1.807) is 17.1 Å². The predicted molar refractivity (Wildman–Crippen MR) is 69.3 cm³/mol. The Morgan fingerprint density at radius 1 is 1.65 bits per heavy atom. The zero-order valence-corrected chi connectivity index (χ0v) is 11.0. The Morgan fingerprint density at radius 2 is 2.41 bits per heavy atom. The molecule has 0 bridgehead atoms. The number of piperidine rings is 1. The van der Waals surface area contributed by atoms with Crippen molar-refractivity contribution in [1.29, 1.82) is 0 Å². The van der Waals surface area contributed by atoms with E-state index in [0.717, 1.165) is 31.6 Å². The predicted octanol–water partition coefficient (Wildman–Crippen LogP) is 1.17. The number of rotatable bonds is 2. The molecule has 0 spiro atoms. The maximum Gasteiger partial charge on any atom is 0.231 e. The Balaban J connectivity index is 0.00000144. The normalized spacial score (nSPS) is 23.9. The van der Waals surface area contributed by atoms with Crippen LogP contribution >= 0.6 is 12.4 Å². The number of halogens is 1. The highest BCUT2D eigenvalue weighted by atomic mass is 35.5. The summed E-state index contributed by atoms with van der Waals surface area (Å²) >= 11 is 0. The number of anilines is 1. The quantitative estimate of drug-likeness (QED) is 0.837. The minimum absolute atomic E-state index is 0. The summed E-state index contributed by atoms with van der Waals surface area (Å²) in [5.41, 5.74) is 0.466. The number of amides is 1. The molecular formula is C11H19ClN4O. The molecule has 0 aromatic carbocycles. The number of carbonyl (C=O) groups is 1. The number of aromatic nitrogens is 2. The van der Waals surface area contributed by atoms with E-state index in [0.29, 0.717) is 0 Å². The Bertz CT molecular complexity index is 385.